The van der Waals surface area contributed by atoms with Crippen molar-refractivity contribution in [3.63, 3.8) is 0 Å². The highest BCUT2D eigenvalue weighted by Crippen LogP contribution is 2.14. The second-order valence-corrected chi connectivity index (χ2v) is 3.84. The van der Waals surface area contributed by atoms with E-state index < -0.39 is 0 Å². The van der Waals surface area contributed by atoms with Crippen molar-refractivity contribution in [3.05, 3.63) is 44.9 Å². The Morgan fingerprint density at radius 2 is 2.36 bits per heavy atom. The maximum absolute atomic E-state index is 11.6. The topological polar surface area (TPSA) is 34.4 Å². The molecule has 0 bridgehead atoms. The number of halogens is 1. The van der Waals surface area contributed by atoms with Crippen molar-refractivity contribution in [1.29, 1.82) is 0 Å². The van der Waals surface area contributed by atoms with Crippen LogP contribution in [-0.4, -0.2) is 9.38 Å². The number of pyridine rings is 1. The third-order valence-electron chi connectivity index (χ3n) is 2.06. The molecule has 0 radical (unpaired) electrons. The third-order valence-corrected chi connectivity index (χ3v) is 2.68. The fraction of sp³-hybridized carbons (Fsp3) is 0.200. The lowest BCUT2D eigenvalue weighted by Gasteiger charge is -2.03. The molecule has 2 heterocycles. The molecular weight excluding hydrogens is 244 g/mol. The number of nitrogens with zero attached hydrogens (tertiary/aromatic N) is 2. The average molecular weight is 253 g/mol. The fourth-order valence-electron chi connectivity index (χ4n) is 1.32. The van der Waals surface area contributed by atoms with Gasteiger partial charge < -0.3 is 0 Å². The molecule has 4 heteroatoms. The highest BCUT2D eigenvalue weighted by atomic mass is 79.9. The van der Waals surface area contributed by atoms with Crippen molar-refractivity contribution in [2.24, 2.45) is 0 Å². The van der Waals surface area contributed by atoms with E-state index in [9.17, 15) is 4.79 Å². The molecule has 0 aromatic carbocycles. The van der Waals surface area contributed by atoms with Crippen LogP contribution in [0, 0.1) is 0 Å². The molecule has 2 rings (SSSR count). The maximum atomic E-state index is 11.6. The lowest BCUT2D eigenvalue weighted by Crippen LogP contribution is -2.15. The van der Waals surface area contributed by atoms with E-state index in [1.807, 2.05) is 19.1 Å². The minimum atomic E-state index is -0.0341. The Kier molecular flexibility index (Phi) is 2.37. The number of rotatable bonds is 1. The van der Waals surface area contributed by atoms with E-state index in [4.69, 9.17) is 0 Å². The van der Waals surface area contributed by atoms with Crippen molar-refractivity contribution < 1.29 is 0 Å². The first-order valence-electron chi connectivity index (χ1n) is 4.39. The number of fused-ring (bicyclic) bond motifs is 1. The zero-order chi connectivity index (χ0) is 10.1. The van der Waals surface area contributed by atoms with Crippen molar-refractivity contribution >= 4 is 21.6 Å². The quantitative estimate of drug-likeness (QED) is 0.779. The van der Waals surface area contributed by atoms with Gasteiger partial charge in [-0.1, -0.05) is 6.92 Å². The van der Waals surface area contributed by atoms with Gasteiger partial charge >= 0.3 is 0 Å². The number of aryl methyl sites for hydroxylation is 1. The molecule has 0 spiro atoms. The molecule has 3 nitrogen and oxygen atoms in total. The SMILES string of the molecule is CCc1cc(=O)n2cccc(Br)c2n1. The zero-order valence-electron chi connectivity index (χ0n) is 7.70. The van der Waals surface area contributed by atoms with Crippen molar-refractivity contribution in [1.82, 2.24) is 9.38 Å². The Labute approximate surface area is 89.5 Å². The Balaban J connectivity index is 2.91. The molecule has 0 saturated heterocycles. The first-order chi connectivity index (χ1) is 6.72. The number of aromatic nitrogens is 2. The van der Waals surface area contributed by atoms with Gasteiger partial charge in [-0.25, -0.2) is 4.98 Å². The minimum Gasteiger partial charge on any atom is -0.269 e. The van der Waals surface area contributed by atoms with Crippen LogP contribution < -0.4 is 5.56 Å². The summed E-state index contributed by atoms with van der Waals surface area (Å²) in [6, 6.07) is 5.26. The van der Waals surface area contributed by atoms with Crippen LogP contribution in [0.2, 0.25) is 0 Å². The van der Waals surface area contributed by atoms with Gasteiger partial charge in [-0.2, -0.15) is 0 Å². The highest BCUT2D eigenvalue weighted by Gasteiger charge is 2.02. The van der Waals surface area contributed by atoms with Crippen molar-refractivity contribution in [2.75, 3.05) is 0 Å². The highest BCUT2D eigenvalue weighted by molar-refractivity contribution is 9.10. The normalized spacial score (nSPS) is 10.7. The van der Waals surface area contributed by atoms with Crippen LogP contribution in [0.15, 0.2) is 33.7 Å². The van der Waals surface area contributed by atoms with E-state index in [2.05, 4.69) is 20.9 Å². The average Bonchev–Trinajstić information content (AvgIpc) is 2.19. The lowest BCUT2D eigenvalue weighted by molar-refractivity contribution is 0.962. The van der Waals surface area contributed by atoms with Gasteiger partial charge in [0.15, 0.2) is 5.65 Å². The lowest BCUT2D eigenvalue weighted by atomic mass is 10.3. The molecule has 0 unspecified atom stereocenters. The molecule has 0 N–H and O–H groups in total. The number of hydrogen-bond acceptors (Lipinski definition) is 2. The predicted molar refractivity (Wildman–Crippen MR) is 58.5 cm³/mol. The van der Waals surface area contributed by atoms with Crippen LogP contribution in [0.3, 0.4) is 0 Å². The van der Waals surface area contributed by atoms with E-state index in [0.717, 1.165) is 16.6 Å². The summed E-state index contributed by atoms with van der Waals surface area (Å²) < 4.78 is 2.37. The molecule has 14 heavy (non-hydrogen) atoms. The summed E-state index contributed by atoms with van der Waals surface area (Å²) in [5.41, 5.74) is 1.46. The smallest absolute Gasteiger partial charge is 0.258 e. The molecule has 2 aromatic heterocycles. The summed E-state index contributed by atoms with van der Waals surface area (Å²) in [4.78, 5) is 16.0. The predicted octanol–water partition coefficient (Wildman–Crippen LogP) is 2.02. The summed E-state index contributed by atoms with van der Waals surface area (Å²) in [5, 5.41) is 0. The van der Waals surface area contributed by atoms with Gasteiger partial charge in [0.05, 0.1) is 4.47 Å². The summed E-state index contributed by atoms with van der Waals surface area (Å²) in [6.07, 6.45) is 2.49. The minimum absolute atomic E-state index is 0.0341. The Hall–Kier alpha value is -1.16. The largest absolute Gasteiger partial charge is 0.269 e. The molecule has 0 amide bonds. The van der Waals surface area contributed by atoms with Gasteiger partial charge in [0.1, 0.15) is 0 Å². The second-order valence-electron chi connectivity index (χ2n) is 2.99. The van der Waals surface area contributed by atoms with Gasteiger partial charge in [0.2, 0.25) is 0 Å². The maximum Gasteiger partial charge on any atom is 0.258 e. The van der Waals surface area contributed by atoms with E-state index in [0.29, 0.717) is 5.65 Å². The monoisotopic (exact) mass is 252 g/mol. The first kappa shape index (κ1) is 9.40. The molecule has 2 aromatic rings. The van der Waals surface area contributed by atoms with Gasteiger partial charge in [-0.05, 0) is 34.5 Å². The van der Waals surface area contributed by atoms with Gasteiger partial charge in [-0.3, -0.25) is 9.20 Å². The van der Waals surface area contributed by atoms with E-state index in [1.165, 1.54) is 4.40 Å². The van der Waals surface area contributed by atoms with Crippen LogP contribution >= 0.6 is 15.9 Å². The van der Waals surface area contributed by atoms with Gasteiger partial charge in [-0.15, -0.1) is 0 Å². The molecule has 0 fully saturated rings. The zero-order valence-corrected chi connectivity index (χ0v) is 9.28. The molecule has 0 atom stereocenters. The van der Waals surface area contributed by atoms with E-state index in [-0.39, 0.29) is 5.56 Å². The van der Waals surface area contributed by atoms with Crippen LogP contribution in [0.5, 0.6) is 0 Å². The molecule has 72 valence electrons. The standard InChI is InChI=1S/C10H9BrN2O/c1-2-7-6-9(14)13-5-3-4-8(11)10(13)12-7/h3-6H,2H2,1H3. The van der Waals surface area contributed by atoms with Gasteiger partial charge in [0.25, 0.3) is 5.56 Å². The summed E-state index contributed by atoms with van der Waals surface area (Å²) in [6.45, 7) is 1.98. The summed E-state index contributed by atoms with van der Waals surface area (Å²) in [5.74, 6) is 0. The first-order valence-corrected chi connectivity index (χ1v) is 5.18. The Morgan fingerprint density at radius 3 is 3.07 bits per heavy atom. The van der Waals surface area contributed by atoms with Crippen LogP contribution in [0.4, 0.5) is 0 Å². The van der Waals surface area contributed by atoms with E-state index in [1.54, 1.807) is 12.3 Å². The van der Waals surface area contributed by atoms with Gasteiger partial charge in [0, 0.05) is 18.0 Å². The van der Waals surface area contributed by atoms with Crippen LogP contribution in [0.25, 0.3) is 5.65 Å². The molecule has 0 saturated carbocycles. The summed E-state index contributed by atoms with van der Waals surface area (Å²) in [7, 11) is 0. The summed E-state index contributed by atoms with van der Waals surface area (Å²) >= 11 is 3.37. The van der Waals surface area contributed by atoms with E-state index >= 15 is 0 Å². The third kappa shape index (κ3) is 1.46. The molecule has 0 aliphatic rings. The number of hydrogen-bond donors (Lipinski definition) is 0. The van der Waals surface area contributed by atoms with Crippen molar-refractivity contribution in [2.45, 2.75) is 13.3 Å². The Bertz CT molecular complexity index is 533. The van der Waals surface area contributed by atoms with Crippen molar-refractivity contribution in [3.8, 4) is 0 Å². The van der Waals surface area contributed by atoms with Crippen LogP contribution in [0.1, 0.15) is 12.6 Å². The second kappa shape index (κ2) is 3.53. The molecular formula is C10H9BrN2O. The fourth-order valence-corrected chi connectivity index (χ4v) is 1.75. The van der Waals surface area contributed by atoms with Crippen LogP contribution in [-0.2, 0) is 6.42 Å². The Morgan fingerprint density at radius 1 is 1.57 bits per heavy atom. The molecule has 0 aliphatic heterocycles. The molecule has 0 aliphatic carbocycles.